The van der Waals surface area contributed by atoms with Crippen molar-refractivity contribution in [2.75, 3.05) is 6.54 Å². The number of hydrogen-bond donors (Lipinski definition) is 1. The number of hydrogen-bond acceptors (Lipinski definition) is 3. The molecule has 2 atom stereocenters. The second-order valence-electron chi connectivity index (χ2n) is 9.00. The number of aliphatic hydroxyl groups is 1. The Kier molecular flexibility index (Phi) is 8.93. The summed E-state index contributed by atoms with van der Waals surface area (Å²) in [6.07, 6.45) is 12.1. The second kappa shape index (κ2) is 10.2. The maximum atomic E-state index is 12.3. The summed E-state index contributed by atoms with van der Waals surface area (Å²) in [6.45, 7) is 16.1. The van der Waals surface area contributed by atoms with Crippen LogP contribution in [0, 0.1) is 11.3 Å². The maximum absolute atomic E-state index is 12.3. The molecule has 0 saturated heterocycles. The van der Waals surface area contributed by atoms with Crippen molar-refractivity contribution in [2.24, 2.45) is 16.3 Å². The highest BCUT2D eigenvalue weighted by atomic mass is 16.3. The van der Waals surface area contributed by atoms with Crippen LogP contribution in [-0.2, 0) is 4.79 Å². The lowest BCUT2D eigenvalue weighted by Crippen LogP contribution is -2.37. The first-order chi connectivity index (χ1) is 12.5. The van der Waals surface area contributed by atoms with Gasteiger partial charge in [0.1, 0.15) is 5.82 Å². The fourth-order valence-corrected chi connectivity index (χ4v) is 3.95. The third kappa shape index (κ3) is 7.61. The first kappa shape index (κ1) is 23.6. The van der Waals surface area contributed by atoms with Crippen molar-refractivity contribution in [3.8, 4) is 0 Å². The molecule has 1 unspecified atom stereocenters. The first-order valence-corrected chi connectivity index (χ1v) is 10.4. The Morgan fingerprint density at radius 2 is 2.11 bits per heavy atom. The third-order valence-corrected chi connectivity index (χ3v) is 5.80. The normalized spacial score (nSPS) is 24.3. The van der Waals surface area contributed by atoms with Crippen LogP contribution >= 0.6 is 0 Å². The summed E-state index contributed by atoms with van der Waals surface area (Å²) in [5.41, 5.74) is -0.0979. The van der Waals surface area contributed by atoms with Gasteiger partial charge in [-0.15, -0.1) is 0 Å². The van der Waals surface area contributed by atoms with Gasteiger partial charge in [0.05, 0.1) is 5.60 Å². The van der Waals surface area contributed by atoms with E-state index in [9.17, 15) is 9.90 Å². The summed E-state index contributed by atoms with van der Waals surface area (Å²) in [4.78, 5) is 18.6. The molecule has 0 spiro atoms. The molecular formula is C23H40N2O2. The van der Waals surface area contributed by atoms with E-state index in [1.54, 1.807) is 31.9 Å². The predicted octanol–water partition coefficient (Wildman–Crippen LogP) is 5.48. The van der Waals surface area contributed by atoms with Gasteiger partial charge in [-0.25, -0.2) is 4.99 Å². The molecule has 4 heteroatoms. The quantitative estimate of drug-likeness (QED) is 0.542. The van der Waals surface area contributed by atoms with Crippen LogP contribution in [0.3, 0.4) is 0 Å². The number of allylic oxidation sites excluding steroid dienone is 1. The number of carbonyl (C=O) groups is 1. The van der Waals surface area contributed by atoms with E-state index in [0.29, 0.717) is 29.3 Å². The molecule has 0 heterocycles. The minimum atomic E-state index is -1.02. The van der Waals surface area contributed by atoms with Crippen molar-refractivity contribution >= 4 is 12.1 Å². The fraction of sp³-hybridized carbons (Fsp3) is 0.739. The molecule has 0 radical (unpaired) electrons. The van der Waals surface area contributed by atoms with Gasteiger partial charge >= 0.3 is 0 Å². The maximum Gasteiger partial charge on any atom is 0.225 e. The first-order valence-electron chi connectivity index (χ1n) is 10.4. The SMILES string of the molecule is C=C(/C=N\C(=C/C)N(CC1CCC[C@](C)(CCCC)C1)C(C)=O)C(C)(C)O. The van der Waals surface area contributed by atoms with Gasteiger partial charge in [-0.1, -0.05) is 39.7 Å². The van der Waals surface area contributed by atoms with Gasteiger partial charge in [-0.05, 0) is 69.4 Å². The largest absolute Gasteiger partial charge is 0.386 e. The van der Waals surface area contributed by atoms with E-state index in [1.807, 2.05) is 13.0 Å². The van der Waals surface area contributed by atoms with Crippen LogP contribution in [0.5, 0.6) is 0 Å². The molecule has 27 heavy (non-hydrogen) atoms. The monoisotopic (exact) mass is 376 g/mol. The standard InChI is InChI=1S/C23H40N2O2/c1-8-10-13-23(7)14-11-12-20(15-23)17-25(19(4)26)21(9-2)24-16-18(3)22(5,6)27/h9,16,20,27H,3,8,10-15,17H2,1-2,4-7H3/b21-9+,24-16-/t20?,23-/m0/s1. The minimum absolute atomic E-state index is 0.00922. The molecule has 0 aliphatic heterocycles. The summed E-state index contributed by atoms with van der Waals surface area (Å²) in [6, 6.07) is 0. The number of aliphatic imine (C=N–C) groups is 1. The van der Waals surface area contributed by atoms with E-state index >= 15 is 0 Å². The van der Waals surface area contributed by atoms with E-state index < -0.39 is 5.60 Å². The zero-order chi connectivity index (χ0) is 20.7. The summed E-state index contributed by atoms with van der Waals surface area (Å²) in [5.74, 6) is 1.15. The molecule has 0 aromatic rings. The van der Waals surface area contributed by atoms with Crippen LogP contribution < -0.4 is 0 Å². The van der Waals surface area contributed by atoms with E-state index in [2.05, 4.69) is 25.4 Å². The Balaban J connectivity index is 2.87. The molecule has 1 fully saturated rings. The Hall–Kier alpha value is -1.42. The average molecular weight is 377 g/mol. The number of carbonyl (C=O) groups excluding carboxylic acids is 1. The van der Waals surface area contributed by atoms with E-state index in [4.69, 9.17) is 0 Å². The van der Waals surface area contributed by atoms with Gasteiger partial charge in [-0.3, -0.25) is 9.69 Å². The molecule has 0 aromatic heterocycles. The second-order valence-corrected chi connectivity index (χ2v) is 9.00. The van der Waals surface area contributed by atoms with Crippen molar-refractivity contribution in [1.82, 2.24) is 4.90 Å². The van der Waals surface area contributed by atoms with Gasteiger partial charge in [0.2, 0.25) is 5.91 Å². The van der Waals surface area contributed by atoms with Crippen LogP contribution in [0.4, 0.5) is 0 Å². The van der Waals surface area contributed by atoms with Gasteiger partial charge in [0.15, 0.2) is 0 Å². The van der Waals surface area contributed by atoms with Crippen LogP contribution in [0.15, 0.2) is 29.0 Å². The minimum Gasteiger partial charge on any atom is -0.386 e. The molecule has 1 amide bonds. The highest BCUT2D eigenvalue weighted by molar-refractivity contribution is 5.82. The summed E-state index contributed by atoms with van der Waals surface area (Å²) in [7, 11) is 0. The fourth-order valence-electron chi connectivity index (χ4n) is 3.95. The summed E-state index contributed by atoms with van der Waals surface area (Å²) >= 11 is 0. The highest BCUT2D eigenvalue weighted by Gasteiger charge is 2.33. The lowest BCUT2D eigenvalue weighted by atomic mass is 9.68. The van der Waals surface area contributed by atoms with Crippen LogP contribution in [0.1, 0.15) is 86.5 Å². The van der Waals surface area contributed by atoms with E-state index in [0.717, 1.165) is 0 Å². The van der Waals surface area contributed by atoms with Gasteiger partial charge in [-0.2, -0.15) is 0 Å². The Labute approximate surface area is 166 Å². The number of nitrogens with zero attached hydrogens (tertiary/aromatic N) is 2. The highest BCUT2D eigenvalue weighted by Crippen LogP contribution is 2.43. The van der Waals surface area contributed by atoms with E-state index in [1.165, 1.54) is 44.9 Å². The van der Waals surface area contributed by atoms with Crippen LogP contribution in [0.25, 0.3) is 0 Å². The molecule has 1 aliphatic rings. The van der Waals surface area contributed by atoms with Crippen molar-refractivity contribution in [3.05, 3.63) is 24.0 Å². The van der Waals surface area contributed by atoms with Gasteiger partial charge < -0.3 is 5.11 Å². The lowest BCUT2D eigenvalue weighted by molar-refractivity contribution is -0.127. The van der Waals surface area contributed by atoms with Gasteiger partial charge in [0, 0.05) is 19.7 Å². The molecule has 4 nitrogen and oxygen atoms in total. The van der Waals surface area contributed by atoms with Crippen molar-refractivity contribution in [1.29, 1.82) is 0 Å². The number of unbranched alkanes of at least 4 members (excludes halogenated alkanes) is 1. The molecule has 1 aliphatic carbocycles. The van der Waals surface area contributed by atoms with Crippen LogP contribution in [-0.4, -0.2) is 34.3 Å². The summed E-state index contributed by atoms with van der Waals surface area (Å²) < 4.78 is 0. The van der Waals surface area contributed by atoms with Crippen molar-refractivity contribution < 1.29 is 9.90 Å². The van der Waals surface area contributed by atoms with Gasteiger partial charge in [0.25, 0.3) is 0 Å². The average Bonchev–Trinajstić information content (AvgIpc) is 2.58. The predicted molar refractivity (Wildman–Crippen MR) is 115 cm³/mol. The lowest BCUT2D eigenvalue weighted by Gasteiger charge is -2.40. The van der Waals surface area contributed by atoms with Crippen molar-refractivity contribution in [3.63, 3.8) is 0 Å². The number of rotatable bonds is 9. The Bertz CT molecular complexity index is 571. The Morgan fingerprint density at radius 3 is 2.63 bits per heavy atom. The number of amides is 1. The zero-order valence-electron chi connectivity index (χ0n) is 18.3. The molecule has 154 valence electrons. The molecule has 1 rings (SSSR count). The topological polar surface area (TPSA) is 52.9 Å². The zero-order valence-corrected chi connectivity index (χ0v) is 18.3. The molecular weight excluding hydrogens is 336 g/mol. The van der Waals surface area contributed by atoms with Crippen LogP contribution in [0.2, 0.25) is 0 Å². The molecule has 0 bridgehead atoms. The van der Waals surface area contributed by atoms with E-state index in [-0.39, 0.29) is 5.91 Å². The molecule has 0 aromatic carbocycles. The molecule has 1 saturated carbocycles. The smallest absolute Gasteiger partial charge is 0.225 e. The molecule has 1 N–H and O–H groups in total. The van der Waals surface area contributed by atoms with Crippen molar-refractivity contribution in [2.45, 2.75) is 92.1 Å². The summed E-state index contributed by atoms with van der Waals surface area (Å²) in [5, 5.41) is 10.0. The Morgan fingerprint density at radius 1 is 1.44 bits per heavy atom. The third-order valence-electron chi connectivity index (χ3n) is 5.80.